The topological polar surface area (TPSA) is 27.7 Å². The summed E-state index contributed by atoms with van der Waals surface area (Å²) in [5.41, 5.74) is 0. The van der Waals surface area contributed by atoms with E-state index in [9.17, 15) is 0 Å². The van der Waals surface area contributed by atoms with Gasteiger partial charge in [0.2, 0.25) is 0 Å². The van der Waals surface area contributed by atoms with E-state index in [0.717, 1.165) is 11.5 Å². The largest absolute Gasteiger partial charge is 0.327 e. The number of rotatable bonds is 9. The Balaban J connectivity index is 3.78. The van der Waals surface area contributed by atoms with Crippen LogP contribution in [0.4, 0.5) is 0 Å². The van der Waals surface area contributed by atoms with E-state index in [0.29, 0.717) is 19.8 Å². The van der Waals surface area contributed by atoms with Crippen molar-refractivity contribution in [3.05, 3.63) is 0 Å². The van der Waals surface area contributed by atoms with Crippen LogP contribution in [0.25, 0.3) is 0 Å². The lowest BCUT2D eigenvalue weighted by molar-refractivity contribution is 0.174. The van der Waals surface area contributed by atoms with Crippen molar-refractivity contribution in [3.63, 3.8) is 0 Å². The third kappa shape index (κ3) is 7.21. The van der Waals surface area contributed by atoms with Crippen molar-refractivity contribution in [2.24, 2.45) is 0 Å². The van der Waals surface area contributed by atoms with Gasteiger partial charge in [-0.25, -0.2) is 0 Å². The molecule has 86 valence electrons. The number of hydrogen-bond acceptors (Lipinski definition) is 5. The maximum absolute atomic E-state index is 5.47. The fourth-order valence-corrected chi connectivity index (χ4v) is 3.42. The highest BCUT2D eigenvalue weighted by Crippen LogP contribution is 2.49. The molecule has 0 fully saturated rings. The molecule has 3 nitrogen and oxygen atoms in total. The second kappa shape index (κ2) is 9.13. The summed E-state index contributed by atoms with van der Waals surface area (Å²) in [6, 6.07) is 0. The number of thioether (sulfide) groups is 1. The first kappa shape index (κ1) is 14.9. The summed E-state index contributed by atoms with van der Waals surface area (Å²) >= 11 is 7.01. The summed E-state index contributed by atoms with van der Waals surface area (Å²) in [6.07, 6.45) is 0. The molecule has 0 saturated carbocycles. The van der Waals surface area contributed by atoms with Gasteiger partial charge in [0, 0.05) is 5.75 Å². The molecule has 0 unspecified atom stereocenters. The standard InChI is InChI=1S/C8H19O3PS2/c1-4-9-12(13,10-5-2)11-7-8-14-6-3/h4-8H2,1-3H3. The van der Waals surface area contributed by atoms with Crippen molar-refractivity contribution >= 4 is 30.3 Å². The quantitative estimate of drug-likeness (QED) is 0.468. The first-order chi connectivity index (χ1) is 6.68. The van der Waals surface area contributed by atoms with E-state index < -0.39 is 6.72 Å². The Labute approximate surface area is 96.1 Å². The predicted molar refractivity (Wildman–Crippen MR) is 66.5 cm³/mol. The molecule has 0 atom stereocenters. The molecule has 0 aliphatic carbocycles. The Kier molecular flexibility index (Phi) is 9.70. The van der Waals surface area contributed by atoms with Crippen LogP contribution < -0.4 is 0 Å². The Morgan fingerprint density at radius 1 is 1.07 bits per heavy atom. The molecule has 14 heavy (non-hydrogen) atoms. The van der Waals surface area contributed by atoms with E-state index in [1.165, 1.54) is 0 Å². The third-order valence-corrected chi connectivity index (χ3v) is 4.72. The smallest absolute Gasteiger partial charge is 0.309 e. The minimum absolute atomic E-state index is 0.540. The molecule has 6 heteroatoms. The van der Waals surface area contributed by atoms with Crippen molar-refractivity contribution in [2.45, 2.75) is 20.8 Å². The van der Waals surface area contributed by atoms with Gasteiger partial charge in [0.25, 0.3) is 0 Å². The minimum Gasteiger partial charge on any atom is -0.309 e. The van der Waals surface area contributed by atoms with Gasteiger partial charge in [-0.2, -0.15) is 11.8 Å². The fourth-order valence-electron chi connectivity index (χ4n) is 0.780. The first-order valence-electron chi connectivity index (χ1n) is 4.79. The minimum atomic E-state index is -2.44. The van der Waals surface area contributed by atoms with Crippen LogP contribution in [0.1, 0.15) is 20.8 Å². The summed E-state index contributed by atoms with van der Waals surface area (Å²) in [5.74, 6) is 2.03. The molecular formula is C8H19O3PS2. The second-order valence-electron chi connectivity index (χ2n) is 2.31. The molecule has 0 aromatic carbocycles. The average molecular weight is 258 g/mol. The molecule has 0 aromatic heterocycles. The summed E-state index contributed by atoms with van der Waals surface area (Å²) in [5, 5.41) is 0. The predicted octanol–water partition coefficient (Wildman–Crippen LogP) is 3.05. The van der Waals surface area contributed by atoms with Crippen molar-refractivity contribution in [1.82, 2.24) is 0 Å². The maximum Gasteiger partial charge on any atom is 0.327 e. The summed E-state index contributed by atoms with van der Waals surface area (Å²) in [7, 11) is 0. The number of hydrogen-bond donors (Lipinski definition) is 0. The van der Waals surface area contributed by atoms with E-state index in [1.807, 2.05) is 25.6 Å². The van der Waals surface area contributed by atoms with Gasteiger partial charge in [-0.15, -0.1) is 0 Å². The highest BCUT2D eigenvalue weighted by atomic mass is 32.5. The normalized spacial score (nSPS) is 11.9. The zero-order valence-corrected chi connectivity index (χ0v) is 11.6. The van der Waals surface area contributed by atoms with Gasteiger partial charge in [0.15, 0.2) is 0 Å². The highest BCUT2D eigenvalue weighted by Gasteiger charge is 2.18. The Morgan fingerprint density at radius 3 is 2.07 bits per heavy atom. The molecular weight excluding hydrogens is 239 g/mol. The molecule has 0 aliphatic rings. The van der Waals surface area contributed by atoms with E-state index >= 15 is 0 Å². The molecule has 0 amide bonds. The molecule has 0 radical (unpaired) electrons. The van der Waals surface area contributed by atoms with Crippen LogP contribution in [0.5, 0.6) is 0 Å². The van der Waals surface area contributed by atoms with Crippen LogP contribution in [0.3, 0.4) is 0 Å². The van der Waals surface area contributed by atoms with Crippen LogP contribution in [-0.2, 0) is 25.4 Å². The molecule has 0 aliphatic heterocycles. The van der Waals surface area contributed by atoms with Gasteiger partial charge >= 0.3 is 6.72 Å². The van der Waals surface area contributed by atoms with E-state index in [4.69, 9.17) is 25.4 Å². The van der Waals surface area contributed by atoms with Crippen molar-refractivity contribution < 1.29 is 13.6 Å². The second-order valence-corrected chi connectivity index (χ2v) is 6.72. The molecule has 0 rings (SSSR count). The van der Waals surface area contributed by atoms with Crippen molar-refractivity contribution in [3.8, 4) is 0 Å². The van der Waals surface area contributed by atoms with Gasteiger partial charge in [0.05, 0.1) is 19.8 Å². The van der Waals surface area contributed by atoms with Crippen LogP contribution in [0.15, 0.2) is 0 Å². The lowest BCUT2D eigenvalue weighted by Gasteiger charge is -2.20. The van der Waals surface area contributed by atoms with Crippen LogP contribution in [-0.4, -0.2) is 31.3 Å². The average Bonchev–Trinajstić information content (AvgIpc) is 2.13. The Hall–Kier alpha value is 0.880. The van der Waals surface area contributed by atoms with E-state index in [2.05, 4.69) is 6.92 Å². The van der Waals surface area contributed by atoms with Crippen LogP contribution in [0, 0.1) is 0 Å². The highest BCUT2D eigenvalue weighted by molar-refractivity contribution is 8.07. The zero-order valence-electron chi connectivity index (χ0n) is 9.02. The van der Waals surface area contributed by atoms with Crippen molar-refractivity contribution in [1.29, 1.82) is 0 Å². The SMILES string of the molecule is CCOP(=S)(OCC)OCCSCC. The van der Waals surface area contributed by atoms with Gasteiger partial charge in [-0.1, -0.05) is 6.92 Å². The summed E-state index contributed by atoms with van der Waals surface area (Å²) in [6.45, 7) is 5.15. The molecule has 0 aromatic rings. The molecule has 0 spiro atoms. The molecule has 0 N–H and O–H groups in total. The lowest BCUT2D eigenvalue weighted by atomic mass is 10.9. The lowest BCUT2D eigenvalue weighted by Crippen LogP contribution is -2.02. The monoisotopic (exact) mass is 258 g/mol. The molecule has 0 saturated heterocycles. The van der Waals surface area contributed by atoms with E-state index in [-0.39, 0.29) is 0 Å². The van der Waals surface area contributed by atoms with Crippen LogP contribution in [0.2, 0.25) is 0 Å². The molecule has 0 bridgehead atoms. The van der Waals surface area contributed by atoms with Crippen LogP contribution >= 0.6 is 18.5 Å². The Morgan fingerprint density at radius 2 is 1.64 bits per heavy atom. The van der Waals surface area contributed by atoms with Gasteiger partial charge < -0.3 is 13.6 Å². The Bertz CT molecular complexity index is 168. The van der Waals surface area contributed by atoms with Crippen molar-refractivity contribution in [2.75, 3.05) is 31.3 Å². The maximum atomic E-state index is 5.47. The van der Waals surface area contributed by atoms with Gasteiger partial charge in [-0.05, 0) is 31.4 Å². The van der Waals surface area contributed by atoms with Gasteiger partial charge in [0.1, 0.15) is 0 Å². The van der Waals surface area contributed by atoms with E-state index in [1.54, 1.807) is 0 Å². The zero-order chi connectivity index (χ0) is 10.9. The summed E-state index contributed by atoms with van der Waals surface area (Å²) < 4.78 is 16.1. The first-order valence-corrected chi connectivity index (χ1v) is 8.51. The fraction of sp³-hybridized carbons (Fsp3) is 1.00. The molecule has 0 heterocycles. The third-order valence-electron chi connectivity index (χ3n) is 1.26. The summed E-state index contributed by atoms with van der Waals surface area (Å²) in [4.78, 5) is 0. The van der Waals surface area contributed by atoms with Gasteiger partial charge in [-0.3, -0.25) is 0 Å².